The van der Waals surface area contributed by atoms with Gasteiger partial charge < -0.3 is 19.6 Å². The predicted octanol–water partition coefficient (Wildman–Crippen LogP) is 5.42. The average molecular weight is 566 g/mol. The van der Waals surface area contributed by atoms with Crippen molar-refractivity contribution in [2.45, 2.75) is 53.6 Å². The highest BCUT2D eigenvalue weighted by molar-refractivity contribution is 6.31. The van der Waals surface area contributed by atoms with Gasteiger partial charge in [0.15, 0.2) is 0 Å². The Morgan fingerprint density at radius 2 is 0.974 bits per heavy atom. The van der Waals surface area contributed by atoms with Crippen LogP contribution >= 0.6 is 23.2 Å². The lowest BCUT2D eigenvalue weighted by Crippen LogP contribution is -2.51. The summed E-state index contributed by atoms with van der Waals surface area (Å²) in [6.45, 7) is 16.9. The molecule has 0 bridgehead atoms. The van der Waals surface area contributed by atoms with Crippen molar-refractivity contribution in [3.8, 4) is 0 Å². The van der Waals surface area contributed by atoms with E-state index in [0.717, 1.165) is 82.5 Å². The maximum Gasteiger partial charge on any atom is 0.220 e. The molecule has 0 aliphatic carbocycles. The number of nitrogens with one attached hydrogen (secondary N) is 2. The van der Waals surface area contributed by atoms with Gasteiger partial charge in [-0.05, 0) is 39.8 Å². The Morgan fingerprint density at radius 3 is 1.29 bits per heavy atom. The highest BCUT2D eigenvalue weighted by Gasteiger charge is 2.26. The maximum atomic E-state index is 12.4. The fraction of sp³-hybridized carbons (Fsp3) is 0.533. The number of quaternary nitrogens is 2. The molecule has 0 saturated carbocycles. The van der Waals surface area contributed by atoms with E-state index in [0.29, 0.717) is 13.1 Å². The van der Waals surface area contributed by atoms with Gasteiger partial charge in [-0.2, -0.15) is 0 Å². The van der Waals surface area contributed by atoms with E-state index in [-0.39, 0.29) is 24.7 Å². The summed E-state index contributed by atoms with van der Waals surface area (Å²) in [5.41, 5.74) is 2.25. The molecule has 2 amide bonds. The van der Waals surface area contributed by atoms with Crippen LogP contribution in [0.25, 0.3) is 0 Å². The third kappa shape index (κ3) is 9.88. The number of carbonyl (C=O) groups is 2. The number of amides is 2. The van der Waals surface area contributed by atoms with Crippen LogP contribution in [-0.2, 0) is 22.7 Å². The van der Waals surface area contributed by atoms with Crippen LogP contribution in [0.15, 0.2) is 48.5 Å². The molecule has 0 heterocycles. The van der Waals surface area contributed by atoms with Crippen LogP contribution in [0.3, 0.4) is 0 Å². The van der Waals surface area contributed by atoms with Gasteiger partial charge in [0.1, 0.15) is 13.1 Å². The molecule has 0 atom stereocenters. The summed E-state index contributed by atoms with van der Waals surface area (Å²) >= 11 is 12.8. The normalized spacial score (nSPS) is 11.8. The summed E-state index contributed by atoms with van der Waals surface area (Å²) in [5.74, 6) is -0.177. The highest BCUT2D eigenvalue weighted by atomic mass is 35.5. The Labute approximate surface area is 239 Å². The van der Waals surface area contributed by atoms with Gasteiger partial charge >= 0.3 is 0 Å². The second-order valence-corrected chi connectivity index (χ2v) is 10.9. The summed E-state index contributed by atoms with van der Waals surface area (Å²) in [6.07, 6.45) is 0.381. The molecule has 0 saturated heterocycles. The zero-order chi connectivity index (χ0) is 28.0. The van der Waals surface area contributed by atoms with Crippen molar-refractivity contribution < 1.29 is 18.6 Å². The van der Waals surface area contributed by atoms with Crippen molar-refractivity contribution in [2.24, 2.45) is 0 Å². The minimum absolute atomic E-state index is 0.0887. The first kappa shape index (κ1) is 32.1. The number of hydrogen-bond acceptors (Lipinski definition) is 2. The molecule has 2 rings (SSSR count). The van der Waals surface area contributed by atoms with Gasteiger partial charge in [0.2, 0.25) is 11.8 Å². The van der Waals surface area contributed by atoms with Gasteiger partial charge in [-0.15, -0.1) is 0 Å². The fourth-order valence-electron chi connectivity index (χ4n) is 4.93. The van der Waals surface area contributed by atoms with Gasteiger partial charge in [0, 0.05) is 34.0 Å². The quantitative estimate of drug-likeness (QED) is 0.252. The first-order valence-corrected chi connectivity index (χ1v) is 14.7. The third-order valence-corrected chi connectivity index (χ3v) is 8.74. The van der Waals surface area contributed by atoms with Crippen LogP contribution in [0.5, 0.6) is 0 Å². The first-order chi connectivity index (χ1) is 18.2. The zero-order valence-corrected chi connectivity index (χ0v) is 25.1. The van der Waals surface area contributed by atoms with Crippen molar-refractivity contribution in [2.75, 3.05) is 52.4 Å². The van der Waals surface area contributed by atoms with Crippen LogP contribution in [0, 0.1) is 0 Å². The molecule has 0 aliphatic heterocycles. The number of nitrogens with zero attached hydrogens (tertiary/aromatic N) is 2. The summed E-state index contributed by atoms with van der Waals surface area (Å²) in [5, 5.41) is 7.59. The number of halogens is 2. The van der Waals surface area contributed by atoms with E-state index in [9.17, 15) is 9.59 Å². The minimum Gasteiger partial charge on any atom is -0.350 e. The average Bonchev–Trinajstić information content (AvgIpc) is 2.93. The van der Waals surface area contributed by atoms with Crippen LogP contribution in [0.2, 0.25) is 10.0 Å². The van der Waals surface area contributed by atoms with Gasteiger partial charge in [-0.1, -0.05) is 59.6 Å². The standard InChI is InChI=1S/C30H44Cl2N4O2/c1-5-35(6-2,23-25-13-9-11-15-27(25)31)21-19-33-29(37)17-18-30(38)34-20-22-36(7-3,8-4)24-26-14-10-12-16-28(26)32/h9-16H,5-8,17-24H2,1-4H3/p+2. The molecule has 0 fully saturated rings. The molecule has 8 heteroatoms. The van der Waals surface area contributed by atoms with Gasteiger partial charge in [0.25, 0.3) is 0 Å². The minimum atomic E-state index is -0.0887. The van der Waals surface area contributed by atoms with Crippen LogP contribution in [-0.4, -0.2) is 73.1 Å². The van der Waals surface area contributed by atoms with Crippen molar-refractivity contribution in [1.29, 1.82) is 0 Å². The number of hydrogen-bond donors (Lipinski definition) is 2. The molecular formula is C30H46Cl2N4O2+2. The number of benzene rings is 2. The summed E-state index contributed by atoms with van der Waals surface area (Å²) < 4.78 is 1.68. The smallest absolute Gasteiger partial charge is 0.220 e. The Hall–Kier alpha value is -2.12. The lowest BCUT2D eigenvalue weighted by molar-refractivity contribution is -0.936. The SMILES string of the molecule is CC[N+](CC)(CCNC(=O)CCC(=O)NCC[N+](CC)(CC)Cc1ccccc1Cl)Cc1ccccc1Cl. The van der Waals surface area contributed by atoms with Crippen molar-refractivity contribution in [1.82, 2.24) is 10.6 Å². The molecule has 0 radical (unpaired) electrons. The second kappa shape index (κ2) is 16.1. The monoisotopic (exact) mass is 564 g/mol. The number of carbonyl (C=O) groups excluding carboxylic acids is 2. The molecule has 38 heavy (non-hydrogen) atoms. The maximum absolute atomic E-state index is 12.4. The lowest BCUT2D eigenvalue weighted by Gasteiger charge is -2.37. The molecule has 0 unspecified atom stereocenters. The fourth-order valence-corrected chi connectivity index (χ4v) is 5.32. The molecule has 6 nitrogen and oxygen atoms in total. The van der Waals surface area contributed by atoms with E-state index in [4.69, 9.17) is 23.2 Å². The van der Waals surface area contributed by atoms with Crippen LogP contribution in [0.4, 0.5) is 0 Å². The zero-order valence-electron chi connectivity index (χ0n) is 23.6. The van der Waals surface area contributed by atoms with E-state index in [2.05, 4.69) is 50.5 Å². The molecular weight excluding hydrogens is 519 g/mol. The molecule has 0 aromatic heterocycles. The highest BCUT2D eigenvalue weighted by Crippen LogP contribution is 2.22. The Morgan fingerprint density at radius 1 is 0.632 bits per heavy atom. The molecule has 2 aromatic carbocycles. The number of rotatable bonds is 17. The van der Waals surface area contributed by atoms with Gasteiger partial charge in [0.05, 0.1) is 52.4 Å². The first-order valence-electron chi connectivity index (χ1n) is 13.9. The van der Waals surface area contributed by atoms with Crippen LogP contribution in [0.1, 0.15) is 51.7 Å². The van der Waals surface area contributed by atoms with Crippen LogP contribution < -0.4 is 10.6 Å². The van der Waals surface area contributed by atoms with Crippen molar-refractivity contribution >= 4 is 35.0 Å². The van der Waals surface area contributed by atoms with Gasteiger partial charge in [-0.3, -0.25) is 9.59 Å². The molecule has 0 spiro atoms. The van der Waals surface area contributed by atoms with E-state index >= 15 is 0 Å². The van der Waals surface area contributed by atoms with Gasteiger partial charge in [-0.25, -0.2) is 0 Å². The van der Waals surface area contributed by atoms with E-state index in [1.54, 1.807) is 0 Å². The van der Waals surface area contributed by atoms with Crippen molar-refractivity contribution in [3.63, 3.8) is 0 Å². The van der Waals surface area contributed by atoms with E-state index < -0.39 is 0 Å². The Balaban J connectivity index is 1.75. The summed E-state index contributed by atoms with van der Waals surface area (Å²) in [4.78, 5) is 24.9. The molecule has 2 N–H and O–H groups in total. The third-order valence-electron chi connectivity index (χ3n) is 8.01. The molecule has 2 aromatic rings. The Bertz CT molecular complexity index is 941. The summed E-state index contributed by atoms with van der Waals surface area (Å²) in [7, 11) is 0. The van der Waals surface area contributed by atoms with E-state index in [1.165, 1.54) is 0 Å². The van der Waals surface area contributed by atoms with Crippen molar-refractivity contribution in [3.05, 3.63) is 69.7 Å². The predicted molar refractivity (Wildman–Crippen MR) is 158 cm³/mol. The molecule has 0 aliphatic rings. The second-order valence-electron chi connectivity index (χ2n) is 10.1. The number of likely N-dealkylation sites (N-methyl/N-ethyl adjacent to an activating group) is 2. The topological polar surface area (TPSA) is 58.2 Å². The lowest BCUT2D eigenvalue weighted by atomic mass is 10.1. The Kier molecular flexibility index (Phi) is 13.6. The largest absolute Gasteiger partial charge is 0.350 e. The van der Waals surface area contributed by atoms with E-state index in [1.807, 2.05) is 36.4 Å². The molecule has 210 valence electrons. The summed E-state index contributed by atoms with van der Waals surface area (Å²) in [6, 6.07) is 15.9.